The Kier molecular flexibility index (Phi) is 3.63. The Morgan fingerprint density at radius 1 is 1.71 bits per heavy atom. The lowest BCUT2D eigenvalue weighted by Gasteiger charge is -2.13. The fourth-order valence-corrected chi connectivity index (χ4v) is 1.88. The van der Waals surface area contributed by atoms with E-state index in [0.29, 0.717) is 12.2 Å². The predicted molar refractivity (Wildman–Crippen MR) is 67.6 cm³/mol. The molecule has 2 aromatic heterocycles. The maximum Gasteiger partial charge on any atom is 0.268 e. The second-order valence-electron chi connectivity index (χ2n) is 3.83. The second-order valence-corrected chi connectivity index (χ2v) is 4.75. The Bertz CT molecular complexity index is 491. The lowest BCUT2D eigenvalue weighted by molar-refractivity contribution is 0.0931. The molecule has 2 aromatic rings. The molecule has 1 atom stereocenters. The van der Waals surface area contributed by atoms with Crippen molar-refractivity contribution in [1.82, 2.24) is 20.1 Å². The van der Waals surface area contributed by atoms with Crippen molar-refractivity contribution < 1.29 is 4.79 Å². The number of aromatic amines is 1. The van der Waals surface area contributed by atoms with Crippen LogP contribution in [0.2, 0.25) is 0 Å². The number of aromatic nitrogens is 3. The molecule has 0 aliphatic rings. The highest BCUT2D eigenvalue weighted by atomic mass is 79.9. The van der Waals surface area contributed by atoms with Crippen molar-refractivity contribution in [2.75, 3.05) is 0 Å². The van der Waals surface area contributed by atoms with E-state index >= 15 is 0 Å². The van der Waals surface area contributed by atoms with Gasteiger partial charge in [-0.15, -0.1) is 0 Å². The number of hydrogen-bond donors (Lipinski definition) is 2. The van der Waals surface area contributed by atoms with E-state index in [-0.39, 0.29) is 11.9 Å². The second kappa shape index (κ2) is 5.18. The van der Waals surface area contributed by atoms with Gasteiger partial charge in [-0.3, -0.25) is 9.48 Å². The van der Waals surface area contributed by atoms with Gasteiger partial charge < -0.3 is 10.3 Å². The lowest BCUT2D eigenvalue weighted by atomic mass is 10.3. The zero-order valence-electron chi connectivity index (χ0n) is 9.35. The molecule has 0 radical (unpaired) electrons. The number of rotatable bonds is 4. The van der Waals surface area contributed by atoms with Gasteiger partial charge in [0.25, 0.3) is 5.91 Å². The molecular weight excluding hydrogens is 284 g/mol. The van der Waals surface area contributed by atoms with E-state index in [9.17, 15) is 4.79 Å². The molecule has 0 saturated heterocycles. The number of hydrogen-bond acceptors (Lipinski definition) is 2. The van der Waals surface area contributed by atoms with Gasteiger partial charge in [0.2, 0.25) is 0 Å². The minimum atomic E-state index is -0.115. The van der Waals surface area contributed by atoms with Crippen molar-refractivity contribution in [2.45, 2.75) is 19.5 Å². The molecular formula is C11H13BrN4O. The number of nitrogens with one attached hydrogen (secondary N) is 2. The van der Waals surface area contributed by atoms with Crippen LogP contribution in [0.3, 0.4) is 0 Å². The Hall–Kier alpha value is -1.56. The van der Waals surface area contributed by atoms with E-state index in [0.717, 1.165) is 4.47 Å². The van der Waals surface area contributed by atoms with Gasteiger partial charge in [0.05, 0.1) is 6.54 Å². The Morgan fingerprint density at radius 2 is 2.53 bits per heavy atom. The van der Waals surface area contributed by atoms with Gasteiger partial charge in [-0.2, -0.15) is 5.10 Å². The van der Waals surface area contributed by atoms with Crippen LogP contribution in [0, 0.1) is 0 Å². The fraction of sp³-hybridized carbons (Fsp3) is 0.273. The topological polar surface area (TPSA) is 62.7 Å². The Balaban J connectivity index is 1.90. The number of H-pyrrole nitrogens is 1. The van der Waals surface area contributed by atoms with Crippen LogP contribution in [0.5, 0.6) is 0 Å². The SMILES string of the molecule is C[C@@H](Cn1cccn1)NC(=O)c1cc(Br)c[nH]1. The summed E-state index contributed by atoms with van der Waals surface area (Å²) in [5.74, 6) is -0.115. The summed E-state index contributed by atoms with van der Waals surface area (Å²) in [6.45, 7) is 2.60. The van der Waals surface area contributed by atoms with Crippen LogP contribution in [0.15, 0.2) is 35.2 Å². The van der Waals surface area contributed by atoms with E-state index in [1.165, 1.54) is 0 Å². The Morgan fingerprint density at radius 3 is 3.12 bits per heavy atom. The largest absolute Gasteiger partial charge is 0.356 e. The number of carbonyl (C=O) groups excluding carboxylic acids is 1. The van der Waals surface area contributed by atoms with Crippen LogP contribution >= 0.6 is 15.9 Å². The summed E-state index contributed by atoms with van der Waals surface area (Å²) in [6, 6.07) is 3.62. The Labute approximate surface area is 107 Å². The third-order valence-electron chi connectivity index (χ3n) is 2.29. The molecule has 0 spiro atoms. The molecule has 0 fully saturated rings. The predicted octanol–water partition coefficient (Wildman–Crippen LogP) is 1.79. The molecule has 90 valence electrons. The molecule has 1 amide bonds. The minimum absolute atomic E-state index is 0.0180. The molecule has 0 aliphatic carbocycles. The van der Waals surface area contributed by atoms with Crippen molar-refractivity contribution in [3.05, 3.63) is 40.9 Å². The van der Waals surface area contributed by atoms with Gasteiger partial charge in [-0.05, 0) is 35.0 Å². The zero-order valence-corrected chi connectivity index (χ0v) is 10.9. The van der Waals surface area contributed by atoms with Crippen molar-refractivity contribution in [3.8, 4) is 0 Å². The molecule has 5 nitrogen and oxygen atoms in total. The van der Waals surface area contributed by atoms with Gasteiger partial charge in [0, 0.05) is 29.1 Å². The third kappa shape index (κ3) is 3.20. The summed E-state index contributed by atoms with van der Waals surface area (Å²) in [6.07, 6.45) is 5.32. The molecule has 0 aliphatic heterocycles. The summed E-state index contributed by atoms with van der Waals surface area (Å²) in [7, 11) is 0. The molecule has 0 unspecified atom stereocenters. The average molecular weight is 297 g/mol. The van der Waals surface area contributed by atoms with E-state index in [1.807, 2.05) is 19.2 Å². The van der Waals surface area contributed by atoms with Crippen molar-refractivity contribution in [1.29, 1.82) is 0 Å². The standard InChI is InChI=1S/C11H13BrN4O/c1-8(7-16-4-2-3-14-16)15-11(17)10-5-9(12)6-13-10/h2-6,8,13H,7H2,1H3,(H,15,17)/t8-/m0/s1. The monoisotopic (exact) mass is 296 g/mol. The fourth-order valence-electron chi connectivity index (χ4n) is 1.54. The molecule has 17 heavy (non-hydrogen) atoms. The summed E-state index contributed by atoms with van der Waals surface area (Å²) < 4.78 is 2.65. The van der Waals surface area contributed by atoms with Crippen LogP contribution in [-0.4, -0.2) is 26.7 Å². The minimum Gasteiger partial charge on any atom is -0.356 e. The molecule has 2 N–H and O–H groups in total. The first-order valence-corrected chi connectivity index (χ1v) is 6.06. The lowest BCUT2D eigenvalue weighted by Crippen LogP contribution is -2.35. The van der Waals surface area contributed by atoms with Gasteiger partial charge in [-0.25, -0.2) is 0 Å². The van der Waals surface area contributed by atoms with Crippen LogP contribution in [0.25, 0.3) is 0 Å². The number of halogens is 1. The first-order chi connectivity index (χ1) is 8.15. The zero-order chi connectivity index (χ0) is 12.3. The number of nitrogens with zero attached hydrogens (tertiary/aromatic N) is 2. The highest BCUT2D eigenvalue weighted by Gasteiger charge is 2.11. The van der Waals surface area contributed by atoms with Crippen molar-refractivity contribution in [3.63, 3.8) is 0 Å². The number of carbonyl (C=O) groups is 1. The summed E-state index contributed by atoms with van der Waals surface area (Å²) >= 11 is 3.29. The van der Waals surface area contributed by atoms with Gasteiger partial charge in [0.15, 0.2) is 0 Å². The van der Waals surface area contributed by atoms with Gasteiger partial charge >= 0.3 is 0 Å². The van der Waals surface area contributed by atoms with Crippen LogP contribution in [-0.2, 0) is 6.54 Å². The van der Waals surface area contributed by atoms with Crippen LogP contribution in [0.1, 0.15) is 17.4 Å². The summed E-state index contributed by atoms with van der Waals surface area (Å²) in [5.41, 5.74) is 0.546. The highest BCUT2D eigenvalue weighted by Crippen LogP contribution is 2.10. The molecule has 6 heteroatoms. The first-order valence-electron chi connectivity index (χ1n) is 5.27. The van der Waals surface area contributed by atoms with E-state index in [1.54, 1.807) is 23.1 Å². The molecule has 0 bridgehead atoms. The van der Waals surface area contributed by atoms with Gasteiger partial charge in [-0.1, -0.05) is 0 Å². The van der Waals surface area contributed by atoms with Crippen LogP contribution < -0.4 is 5.32 Å². The van der Waals surface area contributed by atoms with Gasteiger partial charge in [0.1, 0.15) is 5.69 Å². The third-order valence-corrected chi connectivity index (χ3v) is 2.75. The summed E-state index contributed by atoms with van der Waals surface area (Å²) in [5, 5.41) is 6.99. The molecule has 2 heterocycles. The van der Waals surface area contributed by atoms with Crippen molar-refractivity contribution in [2.24, 2.45) is 0 Å². The van der Waals surface area contributed by atoms with E-state index < -0.39 is 0 Å². The maximum absolute atomic E-state index is 11.8. The molecule has 2 rings (SSSR count). The maximum atomic E-state index is 11.8. The smallest absolute Gasteiger partial charge is 0.268 e. The molecule has 0 aromatic carbocycles. The molecule has 0 saturated carbocycles. The average Bonchev–Trinajstić information content (AvgIpc) is 2.89. The quantitative estimate of drug-likeness (QED) is 0.904. The highest BCUT2D eigenvalue weighted by molar-refractivity contribution is 9.10. The van der Waals surface area contributed by atoms with Crippen molar-refractivity contribution >= 4 is 21.8 Å². The van der Waals surface area contributed by atoms with E-state index in [4.69, 9.17) is 0 Å². The van der Waals surface area contributed by atoms with E-state index in [2.05, 4.69) is 31.3 Å². The van der Waals surface area contributed by atoms with Crippen LogP contribution in [0.4, 0.5) is 0 Å². The number of amides is 1. The first kappa shape index (κ1) is 11.9. The summed E-state index contributed by atoms with van der Waals surface area (Å²) in [4.78, 5) is 14.7. The normalized spacial score (nSPS) is 12.4.